The van der Waals surface area contributed by atoms with Crippen molar-refractivity contribution in [2.24, 2.45) is 0 Å². The zero-order chi connectivity index (χ0) is 25.8. The highest BCUT2D eigenvalue weighted by Crippen LogP contribution is 2.43. The van der Waals surface area contributed by atoms with Crippen LogP contribution in [0.4, 0.5) is 17.1 Å². The molecule has 3 N–H and O–H groups in total. The molecule has 0 aliphatic rings. The molecule has 0 aliphatic heterocycles. The normalized spacial score (nSPS) is 11.6. The van der Waals surface area contributed by atoms with Crippen molar-refractivity contribution in [2.45, 2.75) is 5.92 Å². The highest BCUT2D eigenvalue weighted by molar-refractivity contribution is 5.94. The Morgan fingerprint density at radius 3 is 1.08 bits per heavy atom. The number of aromatic amines is 3. The van der Waals surface area contributed by atoms with Crippen LogP contribution in [0, 0.1) is 30.3 Å². The van der Waals surface area contributed by atoms with Gasteiger partial charge in [-0.05, 0) is 34.9 Å². The molecule has 0 fully saturated rings. The molecule has 3 aromatic carbocycles. The van der Waals surface area contributed by atoms with Crippen LogP contribution < -0.4 is 0 Å². The minimum atomic E-state index is -0.581. The summed E-state index contributed by atoms with van der Waals surface area (Å²) in [7, 11) is 0. The van der Waals surface area contributed by atoms with Crippen molar-refractivity contribution < 1.29 is 14.8 Å². The Balaban J connectivity index is 1.68. The SMILES string of the molecule is O=[N+]([O-])c1ccc2[nH]cc(C(c3c[nH]c4ccc([N+](=O)[O-])cc34)c3c[nH]c4ccc([N+](=O)[O-])cc34)c2c1. The molecule has 0 radical (unpaired) electrons. The molecular weight excluding hydrogens is 480 g/mol. The fourth-order valence-electron chi connectivity index (χ4n) is 4.95. The molecule has 6 rings (SSSR count). The van der Waals surface area contributed by atoms with E-state index in [-0.39, 0.29) is 17.1 Å². The summed E-state index contributed by atoms with van der Waals surface area (Å²) >= 11 is 0. The Hall–Kier alpha value is -5.52. The molecule has 3 heterocycles. The average Bonchev–Trinajstić information content (AvgIpc) is 3.61. The fraction of sp³-hybridized carbons (Fsp3) is 0.0400. The zero-order valence-corrected chi connectivity index (χ0v) is 18.8. The van der Waals surface area contributed by atoms with Gasteiger partial charge in [-0.25, -0.2) is 0 Å². The number of benzene rings is 3. The van der Waals surface area contributed by atoms with Crippen LogP contribution in [0.1, 0.15) is 22.6 Å². The van der Waals surface area contributed by atoms with Crippen molar-refractivity contribution in [1.29, 1.82) is 0 Å². The van der Waals surface area contributed by atoms with E-state index in [2.05, 4.69) is 15.0 Å². The quantitative estimate of drug-likeness (QED) is 0.187. The maximum atomic E-state index is 11.5. The Morgan fingerprint density at radius 2 is 0.811 bits per heavy atom. The van der Waals surface area contributed by atoms with Crippen LogP contribution in [0.2, 0.25) is 0 Å². The third-order valence-corrected chi connectivity index (χ3v) is 6.66. The smallest absolute Gasteiger partial charge is 0.270 e. The summed E-state index contributed by atoms with van der Waals surface area (Å²) in [5, 5.41) is 36.3. The first-order valence-electron chi connectivity index (χ1n) is 11.1. The predicted molar refractivity (Wildman–Crippen MR) is 136 cm³/mol. The summed E-state index contributed by atoms with van der Waals surface area (Å²) in [6.07, 6.45) is 5.22. The van der Waals surface area contributed by atoms with Gasteiger partial charge in [-0.3, -0.25) is 30.3 Å². The number of fused-ring (bicyclic) bond motifs is 3. The summed E-state index contributed by atoms with van der Waals surface area (Å²) in [6, 6.07) is 13.5. The maximum Gasteiger partial charge on any atom is 0.270 e. The second-order valence-corrected chi connectivity index (χ2v) is 8.63. The Morgan fingerprint density at radius 1 is 0.514 bits per heavy atom. The molecule has 12 nitrogen and oxygen atoms in total. The van der Waals surface area contributed by atoms with Gasteiger partial charge in [0.25, 0.3) is 17.1 Å². The Labute approximate surface area is 206 Å². The van der Waals surface area contributed by atoms with Crippen LogP contribution in [0.3, 0.4) is 0 Å². The lowest BCUT2D eigenvalue weighted by atomic mass is 9.84. The summed E-state index contributed by atoms with van der Waals surface area (Å²) < 4.78 is 0. The zero-order valence-electron chi connectivity index (χ0n) is 18.8. The second-order valence-electron chi connectivity index (χ2n) is 8.63. The standard InChI is InChI=1S/C25H16N6O6/c32-29(33)13-1-4-22-16(7-13)19(10-26-22)25(20-11-27-23-5-2-14(30(34)35)8-17(20)23)21-12-28-24-6-3-15(31(36)37)9-18(21)24/h1-12,25-28H. The van der Waals surface area contributed by atoms with E-state index in [9.17, 15) is 30.3 Å². The van der Waals surface area contributed by atoms with Crippen LogP contribution in [-0.4, -0.2) is 29.7 Å². The Bertz CT molecular complexity index is 1680. The second kappa shape index (κ2) is 8.02. The first-order chi connectivity index (χ1) is 17.8. The monoisotopic (exact) mass is 496 g/mol. The van der Waals surface area contributed by atoms with Gasteiger partial charge in [0.05, 0.1) is 14.8 Å². The first kappa shape index (κ1) is 22.0. The van der Waals surface area contributed by atoms with E-state index in [1.807, 2.05) is 0 Å². The number of H-pyrrole nitrogens is 3. The average molecular weight is 496 g/mol. The van der Waals surface area contributed by atoms with Gasteiger partial charge in [-0.1, -0.05) is 0 Å². The molecule has 0 atom stereocenters. The largest absolute Gasteiger partial charge is 0.361 e. The van der Waals surface area contributed by atoms with Crippen LogP contribution in [0.5, 0.6) is 0 Å². The van der Waals surface area contributed by atoms with Crippen molar-refractivity contribution in [1.82, 2.24) is 15.0 Å². The molecule has 3 aromatic heterocycles. The lowest BCUT2D eigenvalue weighted by molar-refractivity contribution is -0.384. The number of non-ortho nitro benzene ring substituents is 3. The number of nitro groups is 3. The van der Waals surface area contributed by atoms with Crippen molar-refractivity contribution >= 4 is 49.8 Å². The molecule has 0 saturated heterocycles. The van der Waals surface area contributed by atoms with Gasteiger partial charge in [-0.15, -0.1) is 0 Å². The summed E-state index contributed by atoms with van der Waals surface area (Å²) in [5.74, 6) is -0.581. The van der Waals surface area contributed by atoms with Crippen molar-refractivity contribution in [3.8, 4) is 0 Å². The highest BCUT2D eigenvalue weighted by Gasteiger charge is 2.28. The van der Waals surface area contributed by atoms with Crippen molar-refractivity contribution in [3.63, 3.8) is 0 Å². The van der Waals surface area contributed by atoms with Gasteiger partial charge in [-0.2, -0.15) is 0 Å². The maximum absolute atomic E-state index is 11.5. The van der Waals surface area contributed by atoms with E-state index < -0.39 is 20.7 Å². The van der Waals surface area contributed by atoms with Gasteiger partial charge in [0.2, 0.25) is 0 Å². The molecule has 12 heteroatoms. The number of aromatic nitrogens is 3. The van der Waals surface area contributed by atoms with Crippen LogP contribution in [0.15, 0.2) is 73.2 Å². The van der Waals surface area contributed by atoms with Crippen LogP contribution in [-0.2, 0) is 0 Å². The molecule has 0 amide bonds. The number of nitrogens with zero attached hydrogens (tertiary/aromatic N) is 3. The molecule has 0 spiro atoms. The topological polar surface area (TPSA) is 177 Å². The molecule has 0 bridgehead atoms. The molecular formula is C25H16N6O6. The summed E-state index contributed by atoms with van der Waals surface area (Å²) in [5.41, 5.74) is 3.78. The van der Waals surface area contributed by atoms with E-state index in [0.717, 1.165) is 0 Å². The molecule has 0 unspecified atom stereocenters. The highest BCUT2D eigenvalue weighted by atomic mass is 16.6. The first-order valence-corrected chi connectivity index (χ1v) is 11.1. The lowest BCUT2D eigenvalue weighted by Gasteiger charge is -2.16. The van der Waals surface area contributed by atoms with E-state index in [1.165, 1.54) is 36.4 Å². The van der Waals surface area contributed by atoms with Gasteiger partial charge >= 0.3 is 0 Å². The molecule has 0 aliphatic carbocycles. The molecule has 0 saturated carbocycles. The third-order valence-electron chi connectivity index (χ3n) is 6.66. The summed E-state index contributed by atoms with van der Waals surface area (Å²) in [6.45, 7) is 0. The van der Waals surface area contributed by atoms with Gasteiger partial charge in [0.1, 0.15) is 0 Å². The summed E-state index contributed by atoms with van der Waals surface area (Å²) in [4.78, 5) is 42.6. The van der Waals surface area contributed by atoms with Gasteiger partial charge in [0, 0.05) is 93.6 Å². The van der Waals surface area contributed by atoms with E-state index in [1.54, 1.807) is 36.8 Å². The Kier molecular flexibility index (Phi) is 4.76. The number of hydrogen-bond donors (Lipinski definition) is 3. The van der Waals surface area contributed by atoms with Crippen molar-refractivity contribution in [3.05, 3.63) is 120 Å². The van der Waals surface area contributed by atoms with E-state index in [4.69, 9.17) is 0 Å². The van der Waals surface area contributed by atoms with Crippen LogP contribution >= 0.6 is 0 Å². The van der Waals surface area contributed by atoms with E-state index in [0.29, 0.717) is 49.4 Å². The van der Waals surface area contributed by atoms with Crippen LogP contribution in [0.25, 0.3) is 32.7 Å². The van der Waals surface area contributed by atoms with E-state index >= 15 is 0 Å². The third kappa shape index (κ3) is 3.46. The van der Waals surface area contributed by atoms with Gasteiger partial charge < -0.3 is 15.0 Å². The molecule has 6 aromatic rings. The molecule has 37 heavy (non-hydrogen) atoms. The fourth-order valence-corrected chi connectivity index (χ4v) is 4.95. The number of hydrogen-bond acceptors (Lipinski definition) is 6. The minimum absolute atomic E-state index is 0.0868. The number of rotatable bonds is 6. The number of nitrogens with one attached hydrogen (secondary N) is 3. The predicted octanol–water partition coefficient (Wildman–Crippen LogP) is 6.04. The lowest BCUT2D eigenvalue weighted by Crippen LogP contribution is -2.02. The number of nitro benzene ring substituents is 3. The van der Waals surface area contributed by atoms with Crippen molar-refractivity contribution in [2.75, 3.05) is 0 Å². The van der Waals surface area contributed by atoms with Gasteiger partial charge in [0.15, 0.2) is 0 Å². The minimum Gasteiger partial charge on any atom is -0.361 e. The molecule has 182 valence electrons.